The molecule has 1 fully saturated rings. The number of carbonyl (C=O) groups excluding carboxylic acids is 1. The minimum absolute atomic E-state index is 0.153. The zero-order valence-electron chi connectivity index (χ0n) is 15.4. The highest BCUT2D eigenvalue weighted by atomic mass is 16.5. The summed E-state index contributed by atoms with van der Waals surface area (Å²) in [5.74, 6) is 0.575. The summed E-state index contributed by atoms with van der Waals surface area (Å²) < 4.78 is 5.82. The summed E-state index contributed by atoms with van der Waals surface area (Å²) in [4.78, 5) is 14.6. The second-order valence-corrected chi connectivity index (χ2v) is 7.47. The van der Waals surface area contributed by atoms with Gasteiger partial charge < -0.3 is 10.1 Å². The Bertz CT molecular complexity index is 604. The van der Waals surface area contributed by atoms with Crippen LogP contribution in [-0.4, -0.2) is 36.1 Å². The van der Waals surface area contributed by atoms with E-state index in [1.807, 2.05) is 0 Å². The smallest absolute Gasteiger partial charge is 0.220 e. The first-order chi connectivity index (χ1) is 12.1. The average molecular weight is 342 g/mol. The van der Waals surface area contributed by atoms with E-state index in [0.717, 1.165) is 32.5 Å². The first-order valence-electron chi connectivity index (χ1n) is 9.48. The van der Waals surface area contributed by atoms with Crippen molar-refractivity contribution in [1.82, 2.24) is 10.2 Å². The van der Waals surface area contributed by atoms with Crippen molar-refractivity contribution in [3.05, 3.63) is 47.5 Å². The van der Waals surface area contributed by atoms with Crippen LogP contribution in [0.25, 0.3) is 0 Å². The maximum Gasteiger partial charge on any atom is 0.220 e. The van der Waals surface area contributed by atoms with Gasteiger partial charge in [-0.2, -0.15) is 0 Å². The molecular formula is C21H30N2O2. The number of carbonyl (C=O) groups is 1. The van der Waals surface area contributed by atoms with E-state index in [0.29, 0.717) is 18.9 Å². The van der Waals surface area contributed by atoms with E-state index < -0.39 is 0 Å². The van der Waals surface area contributed by atoms with Crippen LogP contribution in [0, 0.1) is 5.92 Å². The van der Waals surface area contributed by atoms with Crippen LogP contribution in [-0.2, 0) is 22.6 Å². The molecule has 25 heavy (non-hydrogen) atoms. The molecule has 1 aromatic carbocycles. The molecule has 1 N–H and O–H groups in total. The predicted octanol–water partition coefficient (Wildman–Crippen LogP) is 3.27. The SMILES string of the molecule is C[C@@H]1CN(Cc2ccccc2CNC(=O)C[C@H]2C=CCC2)C[C@H](C)O1. The Morgan fingerprint density at radius 2 is 1.92 bits per heavy atom. The molecule has 1 amide bonds. The number of hydrogen-bond acceptors (Lipinski definition) is 3. The number of ether oxygens (including phenoxy) is 1. The van der Waals surface area contributed by atoms with Gasteiger partial charge in [-0.15, -0.1) is 0 Å². The van der Waals surface area contributed by atoms with Crippen molar-refractivity contribution >= 4 is 5.91 Å². The van der Waals surface area contributed by atoms with Gasteiger partial charge in [-0.05, 0) is 43.7 Å². The minimum atomic E-state index is 0.153. The van der Waals surface area contributed by atoms with Crippen LogP contribution in [0.3, 0.4) is 0 Å². The fraction of sp³-hybridized carbons (Fsp3) is 0.571. The molecule has 2 aliphatic rings. The highest BCUT2D eigenvalue weighted by molar-refractivity contribution is 5.76. The van der Waals surface area contributed by atoms with Gasteiger partial charge in [0.1, 0.15) is 0 Å². The molecule has 136 valence electrons. The third-order valence-corrected chi connectivity index (χ3v) is 5.04. The lowest BCUT2D eigenvalue weighted by atomic mass is 10.0. The quantitative estimate of drug-likeness (QED) is 0.807. The molecule has 0 bridgehead atoms. The van der Waals surface area contributed by atoms with E-state index in [9.17, 15) is 4.79 Å². The average Bonchev–Trinajstić information content (AvgIpc) is 3.06. The first kappa shape index (κ1) is 18.2. The number of benzene rings is 1. The van der Waals surface area contributed by atoms with Gasteiger partial charge in [0, 0.05) is 32.6 Å². The van der Waals surface area contributed by atoms with E-state index in [2.05, 4.69) is 60.5 Å². The molecule has 1 aliphatic heterocycles. The summed E-state index contributed by atoms with van der Waals surface area (Å²) in [5.41, 5.74) is 2.51. The third-order valence-electron chi connectivity index (χ3n) is 5.04. The molecule has 1 aliphatic carbocycles. The molecule has 0 radical (unpaired) electrons. The number of nitrogens with zero attached hydrogens (tertiary/aromatic N) is 1. The van der Waals surface area contributed by atoms with Crippen LogP contribution < -0.4 is 5.32 Å². The van der Waals surface area contributed by atoms with Crippen LogP contribution in [0.4, 0.5) is 0 Å². The lowest BCUT2D eigenvalue weighted by Crippen LogP contribution is -2.45. The molecule has 3 rings (SSSR count). The summed E-state index contributed by atoms with van der Waals surface area (Å²) in [6.07, 6.45) is 7.72. The number of amides is 1. The van der Waals surface area contributed by atoms with Crippen LogP contribution in [0.5, 0.6) is 0 Å². The minimum Gasteiger partial charge on any atom is -0.373 e. The molecule has 1 saturated heterocycles. The van der Waals surface area contributed by atoms with E-state index in [1.54, 1.807) is 0 Å². The first-order valence-corrected chi connectivity index (χ1v) is 9.48. The van der Waals surface area contributed by atoms with E-state index in [-0.39, 0.29) is 18.1 Å². The highest BCUT2D eigenvalue weighted by Crippen LogP contribution is 2.20. The maximum atomic E-state index is 12.2. The van der Waals surface area contributed by atoms with Gasteiger partial charge in [-0.1, -0.05) is 36.4 Å². The predicted molar refractivity (Wildman–Crippen MR) is 100 cm³/mol. The van der Waals surface area contributed by atoms with Crippen molar-refractivity contribution in [2.75, 3.05) is 13.1 Å². The monoisotopic (exact) mass is 342 g/mol. The van der Waals surface area contributed by atoms with Crippen molar-refractivity contribution in [2.24, 2.45) is 5.92 Å². The second kappa shape index (κ2) is 8.63. The molecule has 0 saturated carbocycles. The third kappa shape index (κ3) is 5.41. The van der Waals surface area contributed by atoms with Crippen molar-refractivity contribution < 1.29 is 9.53 Å². The van der Waals surface area contributed by atoms with Crippen LogP contribution in [0.15, 0.2) is 36.4 Å². The normalized spacial score (nSPS) is 26.7. The summed E-state index contributed by atoms with van der Waals surface area (Å²) in [6, 6.07) is 8.43. The summed E-state index contributed by atoms with van der Waals surface area (Å²) >= 11 is 0. The van der Waals surface area contributed by atoms with Crippen molar-refractivity contribution in [3.8, 4) is 0 Å². The number of allylic oxidation sites excluding steroid dienone is 2. The number of hydrogen-bond donors (Lipinski definition) is 1. The molecule has 1 aromatic rings. The molecule has 4 nitrogen and oxygen atoms in total. The molecule has 1 heterocycles. The van der Waals surface area contributed by atoms with Crippen LogP contribution in [0.2, 0.25) is 0 Å². The Kier molecular flexibility index (Phi) is 6.27. The van der Waals surface area contributed by atoms with Gasteiger partial charge in [0.25, 0.3) is 0 Å². The molecule has 4 heteroatoms. The topological polar surface area (TPSA) is 41.6 Å². The lowest BCUT2D eigenvalue weighted by Gasteiger charge is -2.35. The summed E-state index contributed by atoms with van der Waals surface area (Å²) in [5, 5.41) is 3.11. The standard InChI is InChI=1S/C21H30N2O2/c1-16-13-23(14-17(2)25-16)15-20-10-6-5-9-19(20)12-22-21(24)11-18-7-3-4-8-18/h3,5-7,9-10,16-18H,4,8,11-15H2,1-2H3,(H,22,24)/t16-,17+,18-/m0/s1. The number of rotatable bonds is 6. The summed E-state index contributed by atoms with van der Waals surface area (Å²) in [6.45, 7) is 7.70. The number of nitrogens with one attached hydrogen (secondary N) is 1. The fourth-order valence-corrected chi connectivity index (χ4v) is 3.91. The van der Waals surface area contributed by atoms with E-state index in [1.165, 1.54) is 11.1 Å². The van der Waals surface area contributed by atoms with Crippen molar-refractivity contribution in [2.45, 2.75) is 58.4 Å². The van der Waals surface area contributed by atoms with Gasteiger partial charge >= 0.3 is 0 Å². The highest BCUT2D eigenvalue weighted by Gasteiger charge is 2.22. The van der Waals surface area contributed by atoms with Gasteiger partial charge in [0.05, 0.1) is 12.2 Å². The molecule has 0 spiro atoms. The Morgan fingerprint density at radius 1 is 1.20 bits per heavy atom. The molecular weight excluding hydrogens is 312 g/mol. The van der Waals surface area contributed by atoms with Crippen LogP contribution >= 0.6 is 0 Å². The summed E-state index contributed by atoms with van der Waals surface area (Å²) in [7, 11) is 0. The largest absolute Gasteiger partial charge is 0.373 e. The van der Waals surface area contributed by atoms with Crippen molar-refractivity contribution in [1.29, 1.82) is 0 Å². The maximum absolute atomic E-state index is 12.2. The van der Waals surface area contributed by atoms with Gasteiger partial charge in [-0.3, -0.25) is 9.69 Å². The van der Waals surface area contributed by atoms with Crippen molar-refractivity contribution in [3.63, 3.8) is 0 Å². The zero-order valence-corrected chi connectivity index (χ0v) is 15.4. The van der Waals surface area contributed by atoms with E-state index in [4.69, 9.17) is 4.74 Å². The van der Waals surface area contributed by atoms with Gasteiger partial charge in [0.2, 0.25) is 5.91 Å². The Balaban J connectivity index is 1.55. The fourth-order valence-electron chi connectivity index (χ4n) is 3.91. The lowest BCUT2D eigenvalue weighted by molar-refractivity contribution is -0.121. The molecule has 0 unspecified atom stereocenters. The zero-order chi connectivity index (χ0) is 17.6. The molecule has 0 aromatic heterocycles. The van der Waals surface area contributed by atoms with Gasteiger partial charge in [0.15, 0.2) is 0 Å². The van der Waals surface area contributed by atoms with Crippen LogP contribution in [0.1, 0.15) is 44.2 Å². The number of morpholine rings is 1. The molecule has 3 atom stereocenters. The second-order valence-electron chi connectivity index (χ2n) is 7.47. The van der Waals surface area contributed by atoms with E-state index >= 15 is 0 Å². The Labute approximate surface area is 151 Å². The Morgan fingerprint density at radius 3 is 2.60 bits per heavy atom. The Hall–Kier alpha value is -1.65. The van der Waals surface area contributed by atoms with Gasteiger partial charge in [-0.25, -0.2) is 0 Å².